The van der Waals surface area contributed by atoms with Crippen LogP contribution in [0.15, 0.2) is 24.3 Å². The van der Waals surface area contributed by atoms with Gasteiger partial charge in [-0.15, -0.1) is 0 Å². The zero-order chi connectivity index (χ0) is 16.3. The summed E-state index contributed by atoms with van der Waals surface area (Å²) in [5.41, 5.74) is 1.87. The maximum atomic E-state index is 12.2. The molecule has 1 amide bonds. The maximum absolute atomic E-state index is 12.2. The lowest BCUT2D eigenvalue weighted by atomic mass is 9.86. The summed E-state index contributed by atoms with van der Waals surface area (Å²) < 4.78 is 0. The minimum Gasteiger partial charge on any atom is -0.481 e. The molecule has 0 spiro atoms. The van der Waals surface area contributed by atoms with Crippen LogP contribution in [0.1, 0.15) is 32.8 Å². The fourth-order valence-corrected chi connectivity index (χ4v) is 2.82. The highest BCUT2D eigenvalue weighted by molar-refractivity contribution is 5.93. The molecule has 1 saturated heterocycles. The summed E-state index contributed by atoms with van der Waals surface area (Å²) in [6, 6.07) is 7.80. The Morgan fingerprint density at radius 3 is 2.59 bits per heavy atom. The van der Waals surface area contributed by atoms with Gasteiger partial charge >= 0.3 is 5.97 Å². The highest BCUT2D eigenvalue weighted by Gasteiger charge is 2.29. The van der Waals surface area contributed by atoms with Crippen molar-refractivity contribution in [2.75, 3.05) is 25.0 Å². The quantitative estimate of drug-likeness (QED) is 0.895. The van der Waals surface area contributed by atoms with E-state index in [1.54, 1.807) is 0 Å². The molecule has 5 nitrogen and oxygen atoms in total. The van der Waals surface area contributed by atoms with Gasteiger partial charge in [-0.3, -0.25) is 14.5 Å². The summed E-state index contributed by atoms with van der Waals surface area (Å²) in [6.07, 6.45) is 0.612. The Labute approximate surface area is 131 Å². The number of amides is 1. The van der Waals surface area contributed by atoms with Gasteiger partial charge in [0.2, 0.25) is 5.91 Å². The minimum atomic E-state index is -0.777. The van der Waals surface area contributed by atoms with Gasteiger partial charge < -0.3 is 10.4 Å². The van der Waals surface area contributed by atoms with Crippen LogP contribution in [0.25, 0.3) is 0 Å². The van der Waals surface area contributed by atoms with Gasteiger partial charge in [-0.25, -0.2) is 0 Å². The predicted octanol–water partition coefficient (Wildman–Crippen LogP) is 2.33. The Hall–Kier alpha value is -1.88. The van der Waals surface area contributed by atoms with Crippen LogP contribution in [0.2, 0.25) is 0 Å². The summed E-state index contributed by atoms with van der Waals surface area (Å²) in [7, 11) is 0. The molecule has 0 aliphatic carbocycles. The van der Waals surface area contributed by atoms with Crippen LogP contribution >= 0.6 is 0 Å². The standard InChI is InChI=1S/C17H24N2O3/c1-17(2,3)13-6-4-5-7-14(13)18-15(20)11-19-9-8-12(10-19)16(21)22/h4-7,12H,8-11H2,1-3H3,(H,18,20)(H,21,22). The maximum Gasteiger partial charge on any atom is 0.307 e. The number of hydrogen-bond acceptors (Lipinski definition) is 3. The van der Waals surface area contributed by atoms with Gasteiger partial charge in [0, 0.05) is 12.2 Å². The molecule has 1 atom stereocenters. The van der Waals surface area contributed by atoms with Crippen LogP contribution in [0, 0.1) is 5.92 Å². The average Bonchev–Trinajstić information content (AvgIpc) is 2.86. The van der Waals surface area contributed by atoms with E-state index in [9.17, 15) is 9.59 Å². The van der Waals surface area contributed by atoms with Gasteiger partial charge in [-0.05, 0) is 30.0 Å². The SMILES string of the molecule is CC(C)(C)c1ccccc1NC(=O)CN1CCC(C(=O)O)C1. The van der Waals surface area contributed by atoms with Crippen molar-refractivity contribution < 1.29 is 14.7 Å². The summed E-state index contributed by atoms with van der Waals surface area (Å²) >= 11 is 0. The number of carbonyl (C=O) groups excluding carboxylic acids is 1. The second-order valence-corrected chi connectivity index (χ2v) is 6.90. The van der Waals surface area contributed by atoms with Crippen LogP contribution in [0.3, 0.4) is 0 Å². The van der Waals surface area contributed by atoms with Crippen molar-refractivity contribution in [3.63, 3.8) is 0 Å². The molecular weight excluding hydrogens is 280 g/mol. The highest BCUT2D eigenvalue weighted by atomic mass is 16.4. The first-order chi connectivity index (χ1) is 10.3. The van der Waals surface area contributed by atoms with Crippen LogP contribution in [-0.4, -0.2) is 41.5 Å². The van der Waals surface area contributed by atoms with E-state index in [1.165, 1.54) is 0 Å². The third-order valence-electron chi connectivity index (χ3n) is 4.00. The fraction of sp³-hybridized carbons (Fsp3) is 0.529. The molecule has 2 rings (SSSR count). The lowest BCUT2D eigenvalue weighted by molar-refractivity contribution is -0.141. The van der Waals surface area contributed by atoms with E-state index in [1.807, 2.05) is 29.2 Å². The third-order valence-corrected chi connectivity index (χ3v) is 4.00. The number of rotatable bonds is 4. The molecule has 1 heterocycles. The number of hydrogen-bond donors (Lipinski definition) is 2. The van der Waals surface area contributed by atoms with E-state index in [2.05, 4.69) is 26.1 Å². The minimum absolute atomic E-state index is 0.0497. The second kappa shape index (κ2) is 6.48. The Balaban J connectivity index is 1.98. The lowest BCUT2D eigenvalue weighted by Crippen LogP contribution is -2.33. The number of aliphatic carboxylic acids is 1. The molecule has 0 aromatic heterocycles. The van der Waals surface area contributed by atoms with E-state index in [0.29, 0.717) is 19.5 Å². The number of nitrogens with zero attached hydrogens (tertiary/aromatic N) is 1. The molecule has 1 aromatic carbocycles. The number of para-hydroxylation sites is 1. The molecule has 5 heteroatoms. The molecular formula is C17H24N2O3. The summed E-state index contributed by atoms with van der Waals surface area (Å²) in [5.74, 6) is -1.22. The number of likely N-dealkylation sites (tertiary alicyclic amines) is 1. The van der Waals surface area contributed by atoms with Gasteiger partial charge in [0.1, 0.15) is 0 Å². The molecule has 1 aromatic rings. The van der Waals surface area contributed by atoms with Gasteiger partial charge in [0.25, 0.3) is 0 Å². The molecule has 0 radical (unpaired) electrons. The number of benzene rings is 1. The molecule has 1 aliphatic rings. The number of carboxylic acid groups (broad SMARTS) is 1. The van der Waals surface area contributed by atoms with E-state index in [4.69, 9.17) is 5.11 Å². The molecule has 2 N–H and O–H groups in total. The second-order valence-electron chi connectivity index (χ2n) is 6.90. The topological polar surface area (TPSA) is 69.6 Å². The van der Waals surface area contributed by atoms with Gasteiger partial charge in [-0.1, -0.05) is 39.0 Å². The van der Waals surface area contributed by atoms with Crippen molar-refractivity contribution >= 4 is 17.6 Å². The number of carbonyl (C=O) groups is 2. The zero-order valence-corrected chi connectivity index (χ0v) is 13.4. The normalized spacial score (nSPS) is 19.1. The van der Waals surface area contributed by atoms with Crippen molar-refractivity contribution in [1.82, 2.24) is 4.90 Å². The predicted molar refractivity (Wildman–Crippen MR) is 86.0 cm³/mol. The summed E-state index contributed by atoms with van der Waals surface area (Å²) in [4.78, 5) is 25.1. The Morgan fingerprint density at radius 2 is 2.00 bits per heavy atom. The highest BCUT2D eigenvalue weighted by Crippen LogP contribution is 2.29. The third kappa shape index (κ3) is 4.07. The first-order valence-electron chi connectivity index (χ1n) is 7.62. The zero-order valence-electron chi connectivity index (χ0n) is 13.4. The van der Waals surface area contributed by atoms with Gasteiger partial charge in [-0.2, -0.15) is 0 Å². The van der Waals surface area contributed by atoms with Crippen molar-refractivity contribution in [3.8, 4) is 0 Å². The lowest BCUT2D eigenvalue weighted by Gasteiger charge is -2.23. The largest absolute Gasteiger partial charge is 0.481 e. The summed E-state index contributed by atoms with van der Waals surface area (Å²) in [6.45, 7) is 7.67. The smallest absolute Gasteiger partial charge is 0.307 e. The van der Waals surface area contributed by atoms with Gasteiger partial charge in [0.15, 0.2) is 0 Å². The molecule has 0 bridgehead atoms. The fourth-order valence-electron chi connectivity index (χ4n) is 2.82. The van der Waals surface area contributed by atoms with Crippen molar-refractivity contribution in [3.05, 3.63) is 29.8 Å². The van der Waals surface area contributed by atoms with Crippen molar-refractivity contribution in [2.45, 2.75) is 32.6 Å². The number of anilines is 1. The number of carboxylic acids is 1. The molecule has 1 aliphatic heterocycles. The van der Waals surface area contributed by atoms with E-state index in [-0.39, 0.29) is 23.8 Å². The monoisotopic (exact) mass is 304 g/mol. The molecule has 0 saturated carbocycles. The van der Waals surface area contributed by atoms with Crippen molar-refractivity contribution in [1.29, 1.82) is 0 Å². The Kier molecular flexibility index (Phi) is 4.86. The van der Waals surface area contributed by atoms with E-state index >= 15 is 0 Å². The van der Waals surface area contributed by atoms with Crippen LogP contribution in [0.5, 0.6) is 0 Å². The average molecular weight is 304 g/mol. The molecule has 1 fully saturated rings. The van der Waals surface area contributed by atoms with Crippen LogP contribution in [0.4, 0.5) is 5.69 Å². The summed E-state index contributed by atoms with van der Waals surface area (Å²) in [5, 5.41) is 12.0. The van der Waals surface area contributed by atoms with Gasteiger partial charge in [0.05, 0.1) is 12.5 Å². The Bertz CT molecular complexity index is 563. The van der Waals surface area contributed by atoms with E-state index in [0.717, 1.165) is 11.3 Å². The molecule has 1 unspecified atom stereocenters. The van der Waals surface area contributed by atoms with Crippen molar-refractivity contribution in [2.24, 2.45) is 5.92 Å². The molecule has 120 valence electrons. The van der Waals surface area contributed by atoms with Crippen LogP contribution in [-0.2, 0) is 15.0 Å². The van der Waals surface area contributed by atoms with E-state index < -0.39 is 5.97 Å². The first kappa shape index (κ1) is 16.5. The number of nitrogens with one attached hydrogen (secondary N) is 1. The molecule has 22 heavy (non-hydrogen) atoms. The Morgan fingerprint density at radius 1 is 1.32 bits per heavy atom. The van der Waals surface area contributed by atoms with Crippen LogP contribution < -0.4 is 5.32 Å². The first-order valence-corrected chi connectivity index (χ1v) is 7.62.